The van der Waals surface area contributed by atoms with Crippen LogP contribution in [0.1, 0.15) is 15.9 Å². The fraction of sp³-hybridized carbons (Fsp3) is 0.250. The molecule has 0 radical (unpaired) electrons. The number of carbonyl (C=O) groups excluding carboxylic acids is 1. The van der Waals surface area contributed by atoms with Gasteiger partial charge in [-0.2, -0.15) is 0 Å². The summed E-state index contributed by atoms with van der Waals surface area (Å²) in [7, 11) is 2.13. The summed E-state index contributed by atoms with van der Waals surface area (Å²) in [5.41, 5.74) is 10.4. The molecule has 0 aliphatic carbocycles. The molecule has 0 spiro atoms. The Morgan fingerprint density at radius 2 is 1.72 bits per heavy atom. The molecule has 0 atom stereocenters. The van der Waals surface area contributed by atoms with Gasteiger partial charge in [0.2, 0.25) is 0 Å². The summed E-state index contributed by atoms with van der Waals surface area (Å²) in [6, 6.07) is 19.8. The van der Waals surface area contributed by atoms with Gasteiger partial charge in [0.25, 0.3) is 0 Å². The second-order valence-electron chi connectivity index (χ2n) is 7.57. The Bertz CT molecular complexity index is 978. The van der Waals surface area contributed by atoms with Gasteiger partial charge in [0.15, 0.2) is 5.78 Å². The number of piperazine rings is 1. The number of ketones is 1. The number of nitrogens with zero attached hydrogens (tertiary/aromatic N) is 3. The molecule has 2 heterocycles. The lowest BCUT2D eigenvalue weighted by Gasteiger charge is -2.33. The first kappa shape index (κ1) is 19.2. The van der Waals surface area contributed by atoms with E-state index < -0.39 is 0 Å². The first-order chi connectivity index (χ1) is 14.1. The van der Waals surface area contributed by atoms with Gasteiger partial charge in [-0.15, -0.1) is 0 Å². The van der Waals surface area contributed by atoms with Crippen molar-refractivity contribution >= 4 is 17.3 Å². The van der Waals surface area contributed by atoms with Gasteiger partial charge in [-0.05, 0) is 48.0 Å². The number of Topliss-reactive ketones (excluding diaryl/α,β-unsaturated/α-hetero) is 1. The number of hydrogen-bond donors (Lipinski definition) is 1. The van der Waals surface area contributed by atoms with Crippen molar-refractivity contribution in [1.82, 2.24) is 9.88 Å². The average Bonchev–Trinajstić information content (AvgIpc) is 2.76. The maximum atomic E-state index is 12.8. The highest BCUT2D eigenvalue weighted by Gasteiger charge is 2.16. The molecule has 1 aliphatic heterocycles. The van der Waals surface area contributed by atoms with E-state index >= 15 is 0 Å². The number of likely N-dealkylation sites (N-methyl/N-ethyl adjacent to an activating group) is 1. The first-order valence-electron chi connectivity index (χ1n) is 9.97. The summed E-state index contributed by atoms with van der Waals surface area (Å²) >= 11 is 0. The van der Waals surface area contributed by atoms with Crippen LogP contribution >= 0.6 is 0 Å². The fourth-order valence-corrected chi connectivity index (χ4v) is 3.62. The molecule has 0 unspecified atom stereocenters. The van der Waals surface area contributed by atoms with Crippen LogP contribution in [-0.4, -0.2) is 48.9 Å². The maximum Gasteiger partial charge on any atom is 0.168 e. The van der Waals surface area contributed by atoms with Gasteiger partial charge in [-0.1, -0.05) is 36.4 Å². The van der Waals surface area contributed by atoms with Gasteiger partial charge in [0, 0.05) is 50.0 Å². The van der Waals surface area contributed by atoms with E-state index in [-0.39, 0.29) is 12.2 Å². The number of anilines is 2. The van der Waals surface area contributed by atoms with Crippen molar-refractivity contribution in [1.29, 1.82) is 0 Å². The molecule has 1 aromatic heterocycles. The molecular weight excluding hydrogens is 360 g/mol. The monoisotopic (exact) mass is 386 g/mol. The molecule has 1 aliphatic rings. The summed E-state index contributed by atoms with van der Waals surface area (Å²) in [4.78, 5) is 21.9. The van der Waals surface area contributed by atoms with E-state index in [1.165, 1.54) is 0 Å². The Morgan fingerprint density at radius 1 is 0.966 bits per heavy atom. The van der Waals surface area contributed by atoms with Gasteiger partial charge in [0.05, 0.1) is 0 Å². The summed E-state index contributed by atoms with van der Waals surface area (Å²) in [6.45, 7) is 3.97. The highest BCUT2D eigenvalue weighted by molar-refractivity contribution is 5.98. The lowest BCUT2D eigenvalue weighted by molar-refractivity contribution is 0.0993. The normalized spacial score (nSPS) is 14.7. The van der Waals surface area contributed by atoms with Crippen LogP contribution in [0.15, 0.2) is 66.9 Å². The van der Waals surface area contributed by atoms with Crippen LogP contribution in [0.3, 0.4) is 0 Å². The Balaban J connectivity index is 1.48. The van der Waals surface area contributed by atoms with Crippen molar-refractivity contribution < 1.29 is 4.79 Å². The van der Waals surface area contributed by atoms with Crippen LogP contribution < -0.4 is 10.6 Å². The SMILES string of the molecule is CN1CCN(c2ccc(C(=O)Cc3cc(-c4ccccc4)ccc3N)cn2)CC1. The van der Waals surface area contributed by atoms with E-state index in [2.05, 4.69) is 34.0 Å². The number of pyridine rings is 1. The minimum atomic E-state index is 0.0272. The molecule has 3 aromatic rings. The summed E-state index contributed by atoms with van der Waals surface area (Å²) in [6.07, 6.45) is 1.95. The molecule has 0 bridgehead atoms. The molecular formula is C24H26N4O. The van der Waals surface area contributed by atoms with E-state index in [1.54, 1.807) is 6.20 Å². The molecule has 0 saturated carbocycles. The van der Waals surface area contributed by atoms with Crippen molar-refractivity contribution in [2.75, 3.05) is 43.9 Å². The van der Waals surface area contributed by atoms with E-state index in [9.17, 15) is 4.79 Å². The van der Waals surface area contributed by atoms with Crippen molar-refractivity contribution in [3.8, 4) is 11.1 Å². The van der Waals surface area contributed by atoms with Gasteiger partial charge < -0.3 is 15.5 Å². The molecule has 5 heteroatoms. The lowest BCUT2D eigenvalue weighted by Crippen LogP contribution is -2.44. The second kappa shape index (κ2) is 8.45. The maximum absolute atomic E-state index is 12.8. The molecule has 4 rings (SSSR count). The Morgan fingerprint density at radius 3 is 2.41 bits per heavy atom. The number of rotatable bonds is 5. The summed E-state index contributed by atoms with van der Waals surface area (Å²) in [5.74, 6) is 0.958. The topological polar surface area (TPSA) is 62.5 Å². The summed E-state index contributed by atoms with van der Waals surface area (Å²) in [5, 5.41) is 0. The van der Waals surface area contributed by atoms with Gasteiger partial charge in [-0.3, -0.25) is 4.79 Å². The summed E-state index contributed by atoms with van der Waals surface area (Å²) < 4.78 is 0. The third-order valence-electron chi connectivity index (χ3n) is 5.50. The van der Waals surface area contributed by atoms with E-state index in [0.717, 1.165) is 48.7 Å². The number of nitrogen functional groups attached to an aromatic ring is 1. The van der Waals surface area contributed by atoms with Crippen LogP contribution in [0.2, 0.25) is 0 Å². The Hall–Kier alpha value is -3.18. The van der Waals surface area contributed by atoms with Gasteiger partial charge in [-0.25, -0.2) is 4.98 Å². The van der Waals surface area contributed by atoms with E-state index in [4.69, 9.17) is 5.73 Å². The van der Waals surface area contributed by atoms with Crippen LogP contribution in [0.5, 0.6) is 0 Å². The zero-order chi connectivity index (χ0) is 20.2. The van der Waals surface area contributed by atoms with Crippen molar-refractivity contribution in [3.05, 3.63) is 78.0 Å². The standard InChI is InChI=1S/C24H26N4O/c1-27-11-13-28(14-12-27)24-10-8-20(17-26-24)23(29)16-21-15-19(7-9-22(21)25)18-5-3-2-4-6-18/h2-10,15,17H,11-14,16,25H2,1H3. The Kier molecular flexibility index (Phi) is 5.58. The molecule has 0 amide bonds. The van der Waals surface area contributed by atoms with Crippen LogP contribution in [0, 0.1) is 0 Å². The third kappa shape index (κ3) is 4.46. The largest absolute Gasteiger partial charge is 0.398 e. The minimum Gasteiger partial charge on any atom is -0.398 e. The number of benzene rings is 2. The lowest BCUT2D eigenvalue weighted by atomic mass is 9.97. The zero-order valence-corrected chi connectivity index (χ0v) is 16.7. The first-order valence-corrected chi connectivity index (χ1v) is 9.97. The highest BCUT2D eigenvalue weighted by Crippen LogP contribution is 2.25. The fourth-order valence-electron chi connectivity index (χ4n) is 3.62. The number of nitrogens with two attached hydrogens (primary N) is 1. The molecule has 1 fully saturated rings. The van der Waals surface area contributed by atoms with E-state index in [1.807, 2.05) is 48.5 Å². The molecule has 2 N–H and O–H groups in total. The zero-order valence-electron chi connectivity index (χ0n) is 16.7. The Labute approximate surface area is 171 Å². The van der Waals surface area contributed by atoms with Gasteiger partial charge in [0.1, 0.15) is 5.82 Å². The molecule has 29 heavy (non-hydrogen) atoms. The molecule has 148 valence electrons. The smallest absolute Gasteiger partial charge is 0.168 e. The number of carbonyl (C=O) groups is 1. The van der Waals surface area contributed by atoms with Crippen molar-refractivity contribution in [2.24, 2.45) is 0 Å². The van der Waals surface area contributed by atoms with Crippen molar-refractivity contribution in [2.45, 2.75) is 6.42 Å². The quantitative estimate of drug-likeness (QED) is 0.537. The predicted molar refractivity (Wildman–Crippen MR) is 118 cm³/mol. The van der Waals surface area contributed by atoms with E-state index in [0.29, 0.717) is 11.3 Å². The van der Waals surface area contributed by atoms with Crippen LogP contribution in [0.4, 0.5) is 11.5 Å². The van der Waals surface area contributed by atoms with Crippen molar-refractivity contribution in [3.63, 3.8) is 0 Å². The van der Waals surface area contributed by atoms with Crippen LogP contribution in [-0.2, 0) is 6.42 Å². The highest BCUT2D eigenvalue weighted by atomic mass is 16.1. The number of aromatic nitrogens is 1. The third-order valence-corrected chi connectivity index (χ3v) is 5.50. The minimum absolute atomic E-state index is 0.0272. The van der Waals surface area contributed by atoms with Crippen LogP contribution in [0.25, 0.3) is 11.1 Å². The molecule has 1 saturated heterocycles. The molecule has 5 nitrogen and oxygen atoms in total. The molecule has 2 aromatic carbocycles. The predicted octanol–water partition coefficient (Wildman–Crippen LogP) is 3.51. The van der Waals surface area contributed by atoms with Gasteiger partial charge >= 0.3 is 0 Å². The average molecular weight is 386 g/mol. The second-order valence-corrected chi connectivity index (χ2v) is 7.57. The number of hydrogen-bond acceptors (Lipinski definition) is 5.